The molecule has 5 N–H and O–H groups in total. The van der Waals surface area contributed by atoms with E-state index in [0.29, 0.717) is 24.6 Å². The lowest BCUT2D eigenvalue weighted by Gasteiger charge is -2.16. The van der Waals surface area contributed by atoms with Gasteiger partial charge in [0, 0.05) is 30.3 Å². The number of pyridine rings is 1. The number of ether oxygens (including phenoxy) is 2. The van der Waals surface area contributed by atoms with Crippen molar-refractivity contribution in [2.45, 2.75) is 78.3 Å². The Morgan fingerprint density at radius 3 is 2.19 bits per heavy atom. The van der Waals surface area contributed by atoms with Gasteiger partial charge < -0.3 is 40.2 Å². The molecule has 4 heterocycles. The van der Waals surface area contributed by atoms with Crippen molar-refractivity contribution in [1.29, 1.82) is 0 Å². The quantitative estimate of drug-likeness (QED) is 0.0628. The standard InChI is InChI=1S/C32H36N8O3.C7H13NO3.C3H8/c1-40-17-5-6-28(40)31-36-20-26(39-31)23-11-8-22(9-12-23)10-14-25-15-13-24(18-34-25)27-19-35-29(38-27)7-3-4-16-33-30(41)21-37-32(42)43-2;1-5(2)6(4-9)8-7(10)11-3;1-3-2/h8-9,11-13,15,18-20,28H,3-7,16-17,21H2,1-2H3,(H,33,41)(H,35,38)(H,36,39)(H,37,42);4-6H,1-3H3,(H,8,10);3H2,1-2H3. The second kappa shape index (κ2) is 24.5. The zero-order chi connectivity index (χ0) is 41.6. The molecule has 5 rings (SSSR count). The van der Waals surface area contributed by atoms with Crippen molar-refractivity contribution in [1.82, 2.24) is 45.8 Å². The Balaban J connectivity index is 0.000000533. The number of imidazole rings is 2. The van der Waals surface area contributed by atoms with Crippen LogP contribution in [-0.2, 0) is 25.5 Å². The van der Waals surface area contributed by atoms with Crippen molar-refractivity contribution in [3.05, 3.63) is 77.9 Å². The number of benzene rings is 1. The molecule has 1 aliphatic heterocycles. The molecule has 15 heteroatoms. The molecule has 3 aromatic heterocycles. The summed E-state index contributed by atoms with van der Waals surface area (Å²) in [5.41, 5.74) is 5.53. The van der Waals surface area contributed by atoms with Gasteiger partial charge in [0.1, 0.15) is 23.6 Å². The average molecular weight is 784 g/mol. The van der Waals surface area contributed by atoms with E-state index in [9.17, 15) is 19.2 Å². The number of aldehydes is 1. The van der Waals surface area contributed by atoms with Gasteiger partial charge in [0.15, 0.2) is 0 Å². The maximum atomic E-state index is 11.7. The number of nitrogens with one attached hydrogen (secondary N) is 5. The Morgan fingerprint density at radius 2 is 1.58 bits per heavy atom. The topological polar surface area (TPSA) is 196 Å². The number of rotatable bonds is 13. The largest absolute Gasteiger partial charge is 0.453 e. The first kappa shape index (κ1) is 45.4. The molecule has 1 aromatic carbocycles. The Hall–Kier alpha value is -6.01. The second-order valence-electron chi connectivity index (χ2n) is 13.7. The van der Waals surface area contributed by atoms with E-state index in [1.807, 2.05) is 44.3 Å². The van der Waals surface area contributed by atoms with Gasteiger partial charge in [-0.2, -0.15) is 0 Å². The summed E-state index contributed by atoms with van der Waals surface area (Å²) in [6.45, 7) is 9.47. The number of likely N-dealkylation sites (tertiary alicyclic amines) is 1. The molecule has 0 bridgehead atoms. The third kappa shape index (κ3) is 15.6. The first-order valence-corrected chi connectivity index (χ1v) is 19.3. The van der Waals surface area contributed by atoms with E-state index >= 15 is 0 Å². The van der Waals surface area contributed by atoms with Crippen molar-refractivity contribution in [3.63, 3.8) is 0 Å². The van der Waals surface area contributed by atoms with E-state index in [2.05, 4.69) is 100 Å². The number of hydrogen-bond donors (Lipinski definition) is 5. The molecular weight excluding hydrogens is 727 g/mol. The highest BCUT2D eigenvalue weighted by Crippen LogP contribution is 2.30. The summed E-state index contributed by atoms with van der Waals surface area (Å²) in [5, 5.41) is 7.49. The molecule has 3 amide bonds. The van der Waals surface area contributed by atoms with Crippen molar-refractivity contribution in [3.8, 4) is 34.4 Å². The summed E-state index contributed by atoms with van der Waals surface area (Å²) in [6, 6.07) is 12.0. The molecule has 0 saturated carbocycles. The molecule has 2 atom stereocenters. The zero-order valence-corrected chi connectivity index (χ0v) is 34.1. The number of amides is 3. The van der Waals surface area contributed by atoms with Crippen LogP contribution in [-0.4, -0.2) is 101 Å². The molecule has 0 spiro atoms. The highest BCUT2D eigenvalue weighted by molar-refractivity contribution is 5.82. The molecular formula is C42H57N9O6. The number of H-pyrrole nitrogens is 2. The molecule has 1 aliphatic rings. The van der Waals surface area contributed by atoms with Gasteiger partial charge in [-0.1, -0.05) is 52.2 Å². The first-order valence-electron chi connectivity index (χ1n) is 19.3. The van der Waals surface area contributed by atoms with Crippen LogP contribution in [0.4, 0.5) is 9.59 Å². The molecule has 15 nitrogen and oxygen atoms in total. The summed E-state index contributed by atoms with van der Waals surface area (Å²) in [7, 11) is 4.66. The van der Waals surface area contributed by atoms with Crippen molar-refractivity contribution in [2.24, 2.45) is 5.92 Å². The summed E-state index contributed by atoms with van der Waals surface area (Å²) >= 11 is 0. The third-order valence-electron chi connectivity index (χ3n) is 8.74. The number of carbonyl (C=O) groups excluding carboxylic acids is 4. The van der Waals surface area contributed by atoms with Crippen molar-refractivity contribution in [2.75, 3.05) is 40.9 Å². The highest BCUT2D eigenvalue weighted by atomic mass is 16.5. The van der Waals surface area contributed by atoms with Gasteiger partial charge in [-0.25, -0.2) is 24.5 Å². The summed E-state index contributed by atoms with van der Waals surface area (Å²) in [4.78, 5) is 66.4. The number of alkyl carbamates (subject to hydrolysis) is 2. The normalized spacial score (nSPS) is 13.7. The van der Waals surface area contributed by atoms with Crippen LogP contribution in [0.1, 0.15) is 88.7 Å². The number of aromatic nitrogens is 5. The van der Waals surface area contributed by atoms with Crippen LogP contribution < -0.4 is 16.0 Å². The van der Waals surface area contributed by atoms with E-state index in [1.165, 1.54) is 27.1 Å². The lowest BCUT2D eigenvalue weighted by Crippen LogP contribution is -2.39. The Bertz CT molecular complexity index is 1890. The van der Waals surface area contributed by atoms with Gasteiger partial charge in [-0.15, -0.1) is 0 Å². The number of unbranched alkanes of at least 4 members (excludes halogenated alkanes) is 1. The molecule has 2 unspecified atom stereocenters. The molecule has 57 heavy (non-hydrogen) atoms. The van der Waals surface area contributed by atoms with Crippen LogP contribution in [0.5, 0.6) is 0 Å². The molecule has 1 fully saturated rings. The predicted molar refractivity (Wildman–Crippen MR) is 219 cm³/mol. The monoisotopic (exact) mass is 783 g/mol. The van der Waals surface area contributed by atoms with Crippen molar-refractivity contribution >= 4 is 24.4 Å². The van der Waals surface area contributed by atoms with Crippen LogP contribution in [0.15, 0.2) is 55.0 Å². The van der Waals surface area contributed by atoms with Gasteiger partial charge in [0.2, 0.25) is 5.91 Å². The van der Waals surface area contributed by atoms with Gasteiger partial charge in [0.25, 0.3) is 0 Å². The third-order valence-corrected chi connectivity index (χ3v) is 8.74. The van der Waals surface area contributed by atoms with Gasteiger partial charge in [-0.05, 0) is 80.9 Å². The second-order valence-corrected chi connectivity index (χ2v) is 13.7. The number of methoxy groups -OCH3 is 2. The smallest absolute Gasteiger partial charge is 0.407 e. The van der Waals surface area contributed by atoms with Crippen LogP contribution in [0.3, 0.4) is 0 Å². The minimum absolute atomic E-state index is 0.0894. The lowest BCUT2D eigenvalue weighted by molar-refractivity contribution is -0.120. The molecule has 0 radical (unpaired) electrons. The summed E-state index contributed by atoms with van der Waals surface area (Å²) < 4.78 is 8.76. The number of aryl methyl sites for hydroxylation is 1. The summed E-state index contributed by atoms with van der Waals surface area (Å²) in [6.07, 6.45) is 11.0. The Labute approximate surface area is 335 Å². The molecule has 1 saturated heterocycles. The number of nitrogens with zero attached hydrogens (tertiary/aromatic N) is 4. The minimum atomic E-state index is -0.629. The number of aromatic amines is 2. The lowest BCUT2D eigenvalue weighted by atomic mass is 10.1. The van der Waals surface area contributed by atoms with Crippen LogP contribution in [0.2, 0.25) is 0 Å². The van der Waals surface area contributed by atoms with Crippen LogP contribution in [0, 0.1) is 17.8 Å². The van der Waals surface area contributed by atoms with E-state index in [4.69, 9.17) is 0 Å². The SMILES string of the molecule is CCC.COC(=O)NC(C=O)C(C)C.COC(=O)NCC(=O)NCCCCc1ncc(-c2ccc(C#Cc3ccc(-c4cnc(C5CCCN5C)[nH]4)cc3)nc2)[nH]1. The van der Waals surface area contributed by atoms with Gasteiger partial charge in [-0.3, -0.25) is 9.69 Å². The van der Waals surface area contributed by atoms with E-state index in [0.717, 1.165) is 72.0 Å². The minimum Gasteiger partial charge on any atom is -0.453 e. The zero-order valence-electron chi connectivity index (χ0n) is 34.1. The maximum absolute atomic E-state index is 11.7. The summed E-state index contributed by atoms with van der Waals surface area (Å²) in [5.74, 6) is 8.09. The predicted octanol–water partition coefficient (Wildman–Crippen LogP) is 5.81. The van der Waals surface area contributed by atoms with E-state index in [1.54, 1.807) is 12.4 Å². The van der Waals surface area contributed by atoms with Crippen LogP contribution >= 0.6 is 0 Å². The fourth-order valence-electron chi connectivity index (χ4n) is 5.53. The fourth-order valence-corrected chi connectivity index (χ4v) is 5.53. The number of hydrogen-bond acceptors (Lipinski definition) is 10. The fraction of sp³-hybridized carbons (Fsp3) is 0.452. The molecule has 0 aliphatic carbocycles. The molecule has 306 valence electrons. The van der Waals surface area contributed by atoms with E-state index in [-0.39, 0.29) is 18.4 Å². The van der Waals surface area contributed by atoms with Crippen molar-refractivity contribution < 1.29 is 28.7 Å². The maximum Gasteiger partial charge on any atom is 0.407 e. The van der Waals surface area contributed by atoms with E-state index < -0.39 is 18.2 Å². The van der Waals surface area contributed by atoms with Gasteiger partial charge >= 0.3 is 12.2 Å². The molecule has 4 aromatic rings. The Morgan fingerprint density at radius 1 is 0.895 bits per heavy atom. The first-order chi connectivity index (χ1) is 27.5. The van der Waals surface area contributed by atoms with Crippen LogP contribution in [0.25, 0.3) is 22.5 Å². The average Bonchev–Trinajstić information content (AvgIpc) is 4.00. The number of carbonyl (C=O) groups is 4. The van der Waals surface area contributed by atoms with Gasteiger partial charge in [0.05, 0.1) is 56.6 Å². The Kier molecular flexibility index (Phi) is 19.5. The highest BCUT2D eigenvalue weighted by Gasteiger charge is 2.25.